The highest BCUT2D eigenvalue weighted by Crippen LogP contribution is 2.35. The molecule has 0 aliphatic heterocycles. The first-order chi connectivity index (χ1) is 17.9. The van der Waals surface area contributed by atoms with E-state index in [1.165, 1.54) is 30.6 Å². The van der Waals surface area contributed by atoms with Gasteiger partial charge in [-0.1, -0.05) is 55.7 Å². The molecule has 0 spiro atoms. The summed E-state index contributed by atoms with van der Waals surface area (Å²) in [6.45, 7) is 0.581. The third-order valence-electron chi connectivity index (χ3n) is 7.16. The molecule has 2 fully saturated rings. The lowest BCUT2D eigenvalue weighted by Gasteiger charge is -2.30. The quantitative estimate of drug-likeness (QED) is 0.323. The van der Waals surface area contributed by atoms with Crippen molar-refractivity contribution in [1.29, 1.82) is 0 Å². The number of ether oxygens (including phenoxy) is 1. The van der Waals surface area contributed by atoms with Crippen molar-refractivity contribution in [3.63, 3.8) is 0 Å². The first kappa shape index (κ1) is 26.9. The van der Waals surface area contributed by atoms with E-state index in [1.807, 2.05) is 36.4 Å². The van der Waals surface area contributed by atoms with Crippen molar-refractivity contribution < 1.29 is 19.1 Å². The minimum atomic E-state index is -0.748. The van der Waals surface area contributed by atoms with Gasteiger partial charge in [-0.2, -0.15) is 0 Å². The molecule has 2 aromatic rings. The number of primary amides is 2. The summed E-state index contributed by atoms with van der Waals surface area (Å²) in [7, 11) is 0. The molecule has 0 saturated heterocycles. The van der Waals surface area contributed by atoms with Crippen molar-refractivity contribution in [3.05, 3.63) is 47.5 Å². The molecule has 0 bridgehead atoms. The van der Waals surface area contributed by atoms with Gasteiger partial charge in [0, 0.05) is 11.4 Å². The van der Waals surface area contributed by atoms with Gasteiger partial charge in [-0.05, 0) is 61.6 Å². The van der Waals surface area contributed by atoms with Crippen LogP contribution in [0.15, 0.2) is 36.4 Å². The van der Waals surface area contributed by atoms with Gasteiger partial charge in [0.15, 0.2) is 0 Å². The Bertz CT molecular complexity index is 1120. The van der Waals surface area contributed by atoms with E-state index in [1.54, 1.807) is 6.07 Å². The number of urea groups is 1. The van der Waals surface area contributed by atoms with Crippen LogP contribution in [0.25, 0.3) is 16.5 Å². The molecule has 1 atom stereocenters. The molecule has 4 rings (SSSR count). The van der Waals surface area contributed by atoms with Crippen LogP contribution in [-0.2, 0) is 9.53 Å². The molecule has 6 N–H and O–H groups in total. The predicted octanol–water partition coefficient (Wildman–Crippen LogP) is 5.04. The number of esters is 1. The number of benzene rings is 1. The van der Waals surface area contributed by atoms with Crippen molar-refractivity contribution in [3.8, 4) is 10.4 Å². The van der Waals surface area contributed by atoms with Crippen LogP contribution in [0.5, 0.6) is 0 Å². The van der Waals surface area contributed by atoms with Gasteiger partial charge in [-0.25, -0.2) is 4.79 Å². The number of thiophene rings is 1. The normalized spacial score (nSPS) is 17.6. The molecule has 8 nitrogen and oxygen atoms in total. The number of carbonyl (C=O) groups excluding carboxylic acids is 3. The summed E-state index contributed by atoms with van der Waals surface area (Å²) in [4.78, 5) is 36.7. The Morgan fingerprint density at radius 2 is 1.68 bits per heavy atom. The standard InChI is InChI=1S/C28H36N4O4S/c29-25(33)22-17-23(37-26(22)32-28(30)35)19-14-12-18(13-15-19)7-6-16-31-24(20-8-2-1-3-9-20)27(34)36-21-10-4-5-11-21/h6-7,12-15,17,20-21,24,31H,1-5,8-11,16H2,(H2,29,33)(H3,30,32,35)/t24-/m0/s1. The van der Waals surface area contributed by atoms with Crippen LogP contribution in [0, 0.1) is 5.92 Å². The second-order valence-electron chi connectivity index (χ2n) is 9.86. The molecule has 0 radical (unpaired) electrons. The van der Waals surface area contributed by atoms with Crippen LogP contribution >= 0.6 is 11.3 Å². The number of carbonyl (C=O) groups is 3. The zero-order valence-corrected chi connectivity index (χ0v) is 21.9. The lowest BCUT2D eigenvalue weighted by atomic mass is 9.84. The van der Waals surface area contributed by atoms with Crippen LogP contribution in [0.3, 0.4) is 0 Å². The van der Waals surface area contributed by atoms with E-state index >= 15 is 0 Å². The first-order valence-corrected chi connectivity index (χ1v) is 13.9. The summed E-state index contributed by atoms with van der Waals surface area (Å²) in [6.07, 6.45) is 14.1. The molecular weight excluding hydrogens is 488 g/mol. The topological polar surface area (TPSA) is 137 Å². The van der Waals surface area contributed by atoms with Gasteiger partial charge in [0.2, 0.25) is 0 Å². The van der Waals surface area contributed by atoms with E-state index < -0.39 is 11.9 Å². The largest absolute Gasteiger partial charge is 0.461 e. The molecule has 2 saturated carbocycles. The fourth-order valence-corrected chi connectivity index (χ4v) is 6.30. The molecule has 3 amide bonds. The highest BCUT2D eigenvalue weighted by Gasteiger charge is 2.32. The van der Waals surface area contributed by atoms with Crippen LogP contribution < -0.4 is 22.1 Å². The van der Waals surface area contributed by atoms with Gasteiger partial charge in [0.1, 0.15) is 17.1 Å². The maximum absolute atomic E-state index is 13.0. The fourth-order valence-electron chi connectivity index (χ4n) is 5.22. The predicted molar refractivity (Wildman–Crippen MR) is 147 cm³/mol. The number of hydrogen-bond acceptors (Lipinski definition) is 6. The van der Waals surface area contributed by atoms with E-state index in [0.717, 1.165) is 54.5 Å². The summed E-state index contributed by atoms with van der Waals surface area (Å²) in [5.41, 5.74) is 12.8. The lowest BCUT2D eigenvalue weighted by Crippen LogP contribution is -2.45. The van der Waals surface area contributed by atoms with E-state index in [4.69, 9.17) is 16.2 Å². The smallest absolute Gasteiger partial charge is 0.323 e. The van der Waals surface area contributed by atoms with Gasteiger partial charge >= 0.3 is 12.0 Å². The number of nitrogens with two attached hydrogens (primary N) is 2. The van der Waals surface area contributed by atoms with E-state index in [2.05, 4.69) is 10.6 Å². The monoisotopic (exact) mass is 524 g/mol. The van der Waals surface area contributed by atoms with E-state index in [9.17, 15) is 14.4 Å². The maximum Gasteiger partial charge on any atom is 0.323 e. The average Bonchev–Trinajstić information content (AvgIpc) is 3.55. The van der Waals surface area contributed by atoms with Crippen LogP contribution in [-0.4, -0.2) is 36.6 Å². The highest BCUT2D eigenvalue weighted by molar-refractivity contribution is 7.20. The van der Waals surface area contributed by atoms with Crippen molar-refractivity contribution in [2.24, 2.45) is 17.4 Å². The zero-order valence-electron chi connectivity index (χ0n) is 21.0. The number of anilines is 1. The van der Waals surface area contributed by atoms with Gasteiger partial charge in [0.05, 0.1) is 5.56 Å². The Morgan fingerprint density at radius 3 is 2.32 bits per heavy atom. The van der Waals surface area contributed by atoms with Gasteiger partial charge < -0.3 is 21.5 Å². The Kier molecular flexibility index (Phi) is 9.35. The van der Waals surface area contributed by atoms with E-state index in [-0.39, 0.29) is 23.7 Å². The third kappa shape index (κ3) is 7.42. The highest BCUT2D eigenvalue weighted by atomic mass is 32.1. The Hall–Kier alpha value is -3.17. The van der Waals surface area contributed by atoms with Crippen LogP contribution in [0.2, 0.25) is 0 Å². The van der Waals surface area contributed by atoms with Crippen LogP contribution in [0.1, 0.15) is 73.7 Å². The van der Waals surface area contributed by atoms with Crippen molar-refractivity contribution in [1.82, 2.24) is 5.32 Å². The number of nitrogens with one attached hydrogen (secondary N) is 2. The molecule has 9 heteroatoms. The first-order valence-electron chi connectivity index (χ1n) is 13.1. The maximum atomic E-state index is 13.0. The molecular formula is C28H36N4O4S. The molecule has 0 unspecified atom stereocenters. The summed E-state index contributed by atoms with van der Waals surface area (Å²) >= 11 is 1.24. The molecule has 2 aliphatic carbocycles. The molecule has 37 heavy (non-hydrogen) atoms. The molecule has 1 aromatic heterocycles. The van der Waals surface area contributed by atoms with Crippen molar-refractivity contribution in [2.45, 2.75) is 69.9 Å². The molecule has 1 heterocycles. The number of hydrogen-bond donors (Lipinski definition) is 4. The summed E-state index contributed by atoms with van der Waals surface area (Å²) in [5.74, 6) is -0.384. The Labute approximate surface area is 221 Å². The minimum Gasteiger partial charge on any atom is -0.461 e. The molecule has 2 aliphatic rings. The summed E-state index contributed by atoms with van der Waals surface area (Å²) in [5, 5.41) is 6.25. The Morgan fingerprint density at radius 1 is 1.00 bits per heavy atom. The second-order valence-corrected chi connectivity index (χ2v) is 10.9. The van der Waals surface area contributed by atoms with Crippen molar-refractivity contribution in [2.75, 3.05) is 11.9 Å². The fraction of sp³-hybridized carbons (Fsp3) is 0.464. The van der Waals surface area contributed by atoms with Gasteiger partial charge in [0.25, 0.3) is 5.91 Å². The van der Waals surface area contributed by atoms with Crippen molar-refractivity contribution >= 4 is 40.3 Å². The SMILES string of the molecule is NC(=O)Nc1sc(-c2ccc(C=CCN[C@H](C(=O)OC3CCCC3)C3CCCCC3)cc2)cc1C(N)=O. The van der Waals surface area contributed by atoms with Crippen LogP contribution in [0.4, 0.5) is 9.80 Å². The lowest BCUT2D eigenvalue weighted by molar-refractivity contribution is -0.153. The third-order valence-corrected chi connectivity index (χ3v) is 8.26. The second kappa shape index (κ2) is 12.9. The molecule has 198 valence electrons. The van der Waals surface area contributed by atoms with Gasteiger partial charge in [-0.3, -0.25) is 14.9 Å². The zero-order chi connectivity index (χ0) is 26.2. The van der Waals surface area contributed by atoms with Gasteiger partial charge in [-0.15, -0.1) is 11.3 Å². The average molecular weight is 525 g/mol. The number of amides is 3. The summed E-state index contributed by atoms with van der Waals surface area (Å²) < 4.78 is 5.86. The van der Waals surface area contributed by atoms with E-state index in [0.29, 0.717) is 17.5 Å². The number of rotatable bonds is 10. The molecule has 1 aromatic carbocycles. The summed E-state index contributed by atoms with van der Waals surface area (Å²) in [6, 6.07) is 8.50. The Balaban J connectivity index is 1.36. The minimum absolute atomic E-state index is 0.0829.